The van der Waals surface area contributed by atoms with Crippen LogP contribution in [0, 0.1) is 5.82 Å². The molecule has 0 aliphatic heterocycles. The molecular formula is C15H15ClFN. The molecule has 0 spiro atoms. The fourth-order valence-electron chi connectivity index (χ4n) is 1.80. The summed E-state index contributed by atoms with van der Waals surface area (Å²) in [5.41, 5.74) is 1.72. The number of halogens is 2. The standard InChI is InChI=1S/C15H15ClFN/c1-11(12-5-3-2-4-6-12)10-18-15-8-7-13(16)9-14(15)17/h2-9,11,18H,10H2,1H3. The smallest absolute Gasteiger partial charge is 0.147 e. The summed E-state index contributed by atoms with van der Waals surface area (Å²) in [4.78, 5) is 0. The zero-order valence-corrected chi connectivity index (χ0v) is 10.9. The lowest BCUT2D eigenvalue weighted by Crippen LogP contribution is -2.10. The van der Waals surface area contributed by atoms with E-state index in [1.807, 2.05) is 18.2 Å². The number of hydrogen-bond acceptors (Lipinski definition) is 1. The number of hydrogen-bond donors (Lipinski definition) is 1. The van der Waals surface area contributed by atoms with Crippen molar-refractivity contribution in [1.82, 2.24) is 0 Å². The quantitative estimate of drug-likeness (QED) is 0.843. The van der Waals surface area contributed by atoms with Crippen molar-refractivity contribution < 1.29 is 4.39 Å². The number of rotatable bonds is 4. The van der Waals surface area contributed by atoms with Gasteiger partial charge >= 0.3 is 0 Å². The highest BCUT2D eigenvalue weighted by molar-refractivity contribution is 6.30. The summed E-state index contributed by atoms with van der Waals surface area (Å²) in [6.07, 6.45) is 0. The van der Waals surface area contributed by atoms with Gasteiger partial charge in [-0.25, -0.2) is 4.39 Å². The molecule has 0 aromatic heterocycles. The molecule has 0 aliphatic carbocycles. The second-order valence-corrected chi connectivity index (χ2v) is 4.75. The Kier molecular flexibility index (Phi) is 4.21. The third-order valence-electron chi connectivity index (χ3n) is 2.90. The SMILES string of the molecule is CC(CNc1ccc(Cl)cc1F)c1ccccc1. The average molecular weight is 264 g/mol. The molecule has 0 aliphatic rings. The molecule has 94 valence electrons. The maximum absolute atomic E-state index is 13.6. The molecule has 0 saturated heterocycles. The van der Waals surface area contributed by atoms with Crippen LogP contribution in [-0.4, -0.2) is 6.54 Å². The van der Waals surface area contributed by atoms with E-state index in [9.17, 15) is 4.39 Å². The Labute approximate surface area is 112 Å². The third-order valence-corrected chi connectivity index (χ3v) is 3.13. The van der Waals surface area contributed by atoms with Crippen LogP contribution in [0.4, 0.5) is 10.1 Å². The van der Waals surface area contributed by atoms with Crippen molar-refractivity contribution in [3.8, 4) is 0 Å². The number of nitrogens with one attached hydrogen (secondary N) is 1. The minimum atomic E-state index is -0.317. The van der Waals surface area contributed by atoms with Crippen molar-refractivity contribution in [3.63, 3.8) is 0 Å². The highest BCUT2D eigenvalue weighted by Gasteiger charge is 2.07. The fourth-order valence-corrected chi connectivity index (χ4v) is 1.95. The molecule has 0 radical (unpaired) electrons. The molecule has 1 unspecified atom stereocenters. The second kappa shape index (κ2) is 5.87. The Bertz CT molecular complexity index is 513. The summed E-state index contributed by atoms with van der Waals surface area (Å²) < 4.78 is 13.6. The highest BCUT2D eigenvalue weighted by atomic mass is 35.5. The molecule has 0 saturated carbocycles. The molecule has 2 rings (SSSR count). The largest absolute Gasteiger partial charge is 0.382 e. The van der Waals surface area contributed by atoms with E-state index in [2.05, 4.69) is 24.4 Å². The van der Waals surface area contributed by atoms with Gasteiger partial charge in [-0.05, 0) is 29.7 Å². The predicted molar refractivity (Wildman–Crippen MR) is 74.8 cm³/mol. The molecule has 1 N–H and O–H groups in total. The van der Waals surface area contributed by atoms with Crippen molar-refractivity contribution in [2.24, 2.45) is 0 Å². The molecule has 2 aromatic carbocycles. The molecule has 1 nitrogen and oxygen atoms in total. The molecule has 0 bridgehead atoms. The van der Waals surface area contributed by atoms with Crippen molar-refractivity contribution in [2.45, 2.75) is 12.8 Å². The number of benzene rings is 2. The first kappa shape index (κ1) is 12.9. The van der Waals surface area contributed by atoms with Gasteiger partial charge in [0.2, 0.25) is 0 Å². The Morgan fingerprint density at radius 3 is 2.56 bits per heavy atom. The lowest BCUT2D eigenvalue weighted by atomic mass is 10.0. The summed E-state index contributed by atoms with van der Waals surface area (Å²) in [6, 6.07) is 14.8. The molecular weight excluding hydrogens is 249 g/mol. The molecule has 3 heteroatoms. The van der Waals surface area contributed by atoms with Crippen molar-refractivity contribution >= 4 is 17.3 Å². The molecule has 0 heterocycles. The van der Waals surface area contributed by atoms with Gasteiger partial charge in [-0.15, -0.1) is 0 Å². The summed E-state index contributed by atoms with van der Waals surface area (Å²) in [7, 11) is 0. The molecule has 0 fully saturated rings. The summed E-state index contributed by atoms with van der Waals surface area (Å²) >= 11 is 5.71. The molecule has 18 heavy (non-hydrogen) atoms. The average Bonchev–Trinajstić information content (AvgIpc) is 2.38. The van der Waals surface area contributed by atoms with E-state index >= 15 is 0 Å². The van der Waals surface area contributed by atoms with E-state index in [0.29, 0.717) is 23.2 Å². The van der Waals surface area contributed by atoms with Gasteiger partial charge < -0.3 is 5.32 Å². The van der Waals surface area contributed by atoms with E-state index in [1.165, 1.54) is 11.6 Å². The first-order chi connectivity index (χ1) is 8.66. The van der Waals surface area contributed by atoms with Crippen LogP contribution in [0.25, 0.3) is 0 Å². The Morgan fingerprint density at radius 2 is 1.89 bits per heavy atom. The van der Waals surface area contributed by atoms with Crippen LogP contribution >= 0.6 is 11.6 Å². The predicted octanol–water partition coefficient (Wildman–Crippen LogP) is 4.69. The van der Waals surface area contributed by atoms with Gasteiger partial charge in [-0.3, -0.25) is 0 Å². The lowest BCUT2D eigenvalue weighted by molar-refractivity contribution is 0.629. The van der Waals surface area contributed by atoms with Crippen LogP contribution in [-0.2, 0) is 0 Å². The van der Waals surface area contributed by atoms with Gasteiger partial charge in [0.15, 0.2) is 0 Å². The number of anilines is 1. The van der Waals surface area contributed by atoms with Crippen LogP contribution in [0.1, 0.15) is 18.4 Å². The normalized spacial score (nSPS) is 12.2. The van der Waals surface area contributed by atoms with Gasteiger partial charge in [0, 0.05) is 11.6 Å². The zero-order chi connectivity index (χ0) is 13.0. The van der Waals surface area contributed by atoms with E-state index in [1.54, 1.807) is 12.1 Å². The van der Waals surface area contributed by atoms with Crippen molar-refractivity contribution in [1.29, 1.82) is 0 Å². The van der Waals surface area contributed by atoms with E-state index in [-0.39, 0.29) is 5.82 Å². The highest BCUT2D eigenvalue weighted by Crippen LogP contribution is 2.21. The minimum absolute atomic E-state index is 0.317. The first-order valence-electron chi connectivity index (χ1n) is 5.90. The Hall–Kier alpha value is -1.54. The van der Waals surface area contributed by atoms with Crippen LogP contribution in [0.5, 0.6) is 0 Å². The van der Waals surface area contributed by atoms with Gasteiger partial charge in [0.1, 0.15) is 5.82 Å². The summed E-state index contributed by atoms with van der Waals surface area (Å²) in [5.74, 6) is 0.00374. The van der Waals surface area contributed by atoms with Crippen LogP contribution in [0.15, 0.2) is 48.5 Å². The van der Waals surface area contributed by atoms with E-state index in [4.69, 9.17) is 11.6 Å². The monoisotopic (exact) mass is 263 g/mol. The zero-order valence-electron chi connectivity index (χ0n) is 10.2. The topological polar surface area (TPSA) is 12.0 Å². The minimum Gasteiger partial charge on any atom is -0.382 e. The molecule has 1 atom stereocenters. The molecule has 0 amide bonds. The van der Waals surface area contributed by atoms with Gasteiger partial charge in [-0.2, -0.15) is 0 Å². The Balaban J connectivity index is 1.99. The Morgan fingerprint density at radius 1 is 1.17 bits per heavy atom. The fraction of sp³-hybridized carbons (Fsp3) is 0.200. The third kappa shape index (κ3) is 3.23. The second-order valence-electron chi connectivity index (χ2n) is 4.32. The van der Waals surface area contributed by atoms with E-state index < -0.39 is 0 Å². The van der Waals surface area contributed by atoms with Crippen LogP contribution in [0.3, 0.4) is 0 Å². The summed E-state index contributed by atoms with van der Waals surface area (Å²) in [5, 5.41) is 3.52. The maximum Gasteiger partial charge on any atom is 0.147 e. The maximum atomic E-state index is 13.6. The summed E-state index contributed by atoms with van der Waals surface area (Å²) in [6.45, 7) is 2.79. The van der Waals surface area contributed by atoms with E-state index in [0.717, 1.165) is 0 Å². The van der Waals surface area contributed by atoms with Crippen LogP contribution < -0.4 is 5.32 Å². The van der Waals surface area contributed by atoms with Gasteiger partial charge in [0.05, 0.1) is 5.69 Å². The van der Waals surface area contributed by atoms with Gasteiger partial charge in [-0.1, -0.05) is 48.9 Å². The lowest BCUT2D eigenvalue weighted by Gasteiger charge is -2.14. The van der Waals surface area contributed by atoms with Crippen molar-refractivity contribution in [2.75, 3.05) is 11.9 Å². The van der Waals surface area contributed by atoms with Crippen LogP contribution in [0.2, 0.25) is 5.02 Å². The molecule has 2 aromatic rings. The van der Waals surface area contributed by atoms with Crippen molar-refractivity contribution in [3.05, 3.63) is 64.9 Å². The first-order valence-corrected chi connectivity index (χ1v) is 6.28. The van der Waals surface area contributed by atoms with Gasteiger partial charge in [0.25, 0.3) is 0 Å².